The van der Waals surface area contributed by atoms with Gasteiger partial charge in [-0.2, -0.15) is 0 Å². The van der Waals surface area contributed by atoms with E-state index >= 15 is 0 Å². The highest BCUT2D eigenvalue weighted by molar-refractivity contribution is 5.79. The molecule has 2 rings (SSSR count). The van der Waals surface area contributed by atoms with Gasteiger partial charge in [0.2, 0.25) is 0 Å². The Bertz CT molecular complexity index is 326. The molecule has 1 saturated heterocycles. The molecule has 1 aliphatic heterocycles. The lowest BCUT2D eigenvalue weighted by atomic mass is 9.98. The fourth-order valence-electron chi connectivity index (χ4n) is 2.85. The van der Waals surface area contributed by atoms with Gasteiger partial charge in [-0.25, -0.2) is 4.79 Å². The summed E-state index contributed by atoms with van der Waals surface area (Å²) in [6.45, 7) is 0.0918. The van der Waals surface area contributed by atoms with E-state index in [-0.39, 0.29) is 18.2 Å². The molecule has 6 nitrogen and oxygen atoms in total. The maximum atomic E-state index is 11.3. The Labute approximate surface area is 106 Å². The minimum absolute atomic E-state index is 0.0682. The Morgan fingerprint density at radius 3 is 2.61 bits per heavy atom. The van der Waals surface area contributed by atoms with Gasteiger partial charge in [-0.05, 0) is 25.7 Å². The van der Waals surface area contributed by atoms with E-state index in [2.05, 4.69) is 10.6 Å². The molecule has 0 aromatic rings. The molecule has 2 amide bonds. The molecule has 1 atom stereocenters. The summed E-state index contributed by atoms with van der Waals surface area (Å²) in [5.41, 5.74) is 0.0733. The second-order valence-electron chi connectivity index (χ2n) is 5.13. The molecule has 2 fully saturated rings. The highest BCUT2D eigenvalue weighted by atomic mass is 16.5. The largest absolute Gasteiger partial charge is 0.480 e. The summed E-state index contributed by atoms with van der Waals surface area (Å²) in [5.74, 6) is -1.05. The monoisotopic (exact) mass is 256 g/mol. The number of ether oxygens (including phenoxy) is 1. The van der Waals surface area contributed by atoms with Crippen molar-refractivity contribution in [1.29, 1.82) is 0 Å². The molecule has 102 valence electrons. The average molecular weight is 256 g/mol. The molecule has 1 heterocycles. The van der Waals surface area contributed by atoms with E-state index in [0.717, 1.165) is 25.7 Å². The van der Waals surface area contributed by atoms with Gasteiger partial charge in [0.05, 0.1) is 11.7 Å². The van der Waals surface area contributed by atoms with Gasteiger partial charge < -0.3 is 20.5 Å². The number of nitrogens with one attached hydrogen (secondary N) is 2. The Kier molecular flexibility index (Phi) is 4.06. The van der Waals surface area contributed by atoms with Crippen LogP contribution >= 0.6 is 0 Å². The van der Waals surface area contributed by atoms with Gasteiger partial charge >= 0.3 is 12.0 Å². The van der Waals surface area contributed by atoms with Gasteiger partial charge in [-0.1, -0.05) is 12.8 Å². The summed E-state index contributed by atoms with van der Waals surface area (Å²) < 4.78 is 6.03. The molecule has 18 heavy (non-hydrogen) atoms. The van der Waals surface area contributed by atoms with Gasteiger partial charge in [-0.3, -0.25) is 4.79 Å². The highest BCUT2D eigenvalue weighted by Crippen LogP contribution is 2.43. The number of carboxylic acids is 1. The van der Waals surface area contributed by atoms with Crippen molar-refractivity contribution in [3.05, 3.63) is 0 Å². The lowest BCUT2D eigenvalue weighted by Gasteiger charge is -2.23. The van der Waals surface area contributed by atoms with Crippen LogP contribution in [0.5, 0.6) is 0 Å². The molecular weight excluding hydrogens is 236 g/mol. The summed E-state index contributed by atoms with van der Waals surface area (Å²) in [6.07, 6.45) is 6.86. The zero-order chi connectivity index (χ0) is 13.0. The number of urea groups is 1. The second kappa shape index (κ2) is 5.56. The van der Waals surface area contributed by atoms with Crippen molar-refractivity contribution in [1.82, 2.24) is 10.6 Å². The normalized spacial score (nSPS) is 25.2. The molecule has 0 aromatic heterocycles. The minimum atomic E-state index is -1.05. The number of amides is 2. The van der Waals surface area contributed by atoms with Crippen molar-refractivity contribution < 1.29 is 19.4 Å². The number of hydrogen-bond acceptors (Lipinski definition) is 3. The van der Waals surface area contributed by atoms with Crippen LogP contribution < -0.4 is 10.6 Å². The summed E-state index contributed by atoms with van der Waals surface area (Å²) >= 11 is 0. The van der Waals surface area contributed by atoms with E-state index in [1.165, 1.54) is 12.8 Å². The average Bonchev–Trinajstić information content (AvgIpc) is 2.95. The van der Waals surface area contributed by atoms with E-state index < -0.39 is 12.0 Å². The summed E-state index contributed by atoms with van der Waals surface area (Å²) in [4.78, 5) is 21.5. The maximum Gasteiger partial charge on any atom is 0.323 e. The van der Waals surface area contributed by atoms with E-state index in [0.29, 0.717) is 6.54 Å². The zero-order valence-electron chi connectivity index (χ0n) is 10.4. The molecule has 0 aromatic carbocycles. The van der Waals surface area contributed by atoms with Crippen LogP contribution in [0, 0.1) is 0 Å². The highest BCUT2D eigenvalue weighted by Gasteiger charge is 2.41. The predicted molar refractivity (Wildman–Crippen MR) is 64.3 cm³/mol. The molecule has 1 spiro atoms. The SMILES string of the molecule is O=C(O)CNC(=O)NCC1CCC2(CCCC2)O1. The summed E-state index contributed by atoms with van der Waals surface area (Å²) in [7, 11) is 0. The Hall–Kier alpha value is -1.30. The van der Waals surface area contributed by atoms with Crippen molar-refractivity contribution in [2.45, 2.75) is 50.2 Å². The molecule has 3 N–H and O–H groups in total. The molecular formula is C12H20N2O4. The first-order chi connectivity index (χ1) is 8.60. The standard InChI is InChI=1S/C12H20N2O4/c15-10(16)8-14-11(17)13-7-9-3-6-12(18-9)4-1-2-5-12/h9H,1-8H2,(H,15,16)(H2,13,14,17). The van der Waals surface area contributed by atoms with Crippen LogP contribution in [0.15, 0.2) is 0 Å². The summed E-state index contributed by atoms with van der Waals surface area (Å²) in [5, 5.41) is 13.3. The molecule has 6 heteroatoms. The molecule has 1 aliphatic carbocycles. The van der Waals surface area contributed by atoms with Crippen LogP contribution in [0.4, 0.5) is 4.79 Å². The van der Waals surface area contributed by atoms with Crippen molar-refractivity contribution in [3.8, 4) is 0 Å². The summed E-state index contributed by atoms with van der Waals surface area (Å²) in [6, 6.07) is -0.451. The maximum absolute atomic E-state index is 11.3. The van der Waals surface area contributed by atoms with Crippen LogP contribution in [-0.2, 0) is 9.53 Å². The quantitative estimate of drug-likeness (QED) is 0.696. The van der Waals surface area contributed by atoms with Crippen molar-refractivity contribution in [3.63, 3.8) is 0 Å². The third-order valence-corrected chi connectivity index (χ3v) is 3.74. The number of carbonyl (C=O) groups is 2. The molecule has 1 saturated carbocycles. The first-order valence-corrected chi connectivity index (χ1v) is 6.51. The van der Waals surface area contributed by atoms with Crippen LogP contribution in [0.2, 0.25) is 0 Å². The number of rotatable bonds is 4. The first-order valence-electron chi connectivity index (χ1n) is 6.51. The van der Waals surface area contributed by atoms with Gasteiger partial charge in [0.1, 0.15) is 6.54 Å². The fraction of sp³-hybridized carbons (Fsp3) is 0.833. The van der Waals surface area contributed by atoms with E-state index in [4.69, 9.17) is 9.84 Å². The predicted octanol–water partition coefficient (Wildman–Crippen LogP) is 0.862. The van der Waals surface area contributed by atoms with Gasteiger partial charge in [0, 0.05) is 6.54 Å². The third-order valence-electron chi connectivity index (χ3n) is 3.74. The third kappa shape index (κ3) is 3.35. The first kappa shape index (κ1) is 13.1. The zero-order valence-corrected chi connectivity index (χ0v) is 10.4. The molecule has 0 radical (unpaired) electrons. The lowest BCUT2D eigenvalue weighted by Crippen LogP contribution is -2.42. The minimum Gasteiger partial charge on any atom is -0.480 e. The van der Waals surface area contributed by atoms with Crippen LogP contribution in [0.3, 0.4) is 0 Å². The van der Waals surface area contributed by atoms with Gasteiger partial charge in [0.15, 0.2) is 0 Å². The van der Waals surface area contributed by atoms with Crippen molar-refractivity contribution in [2.75, 3.05) is 13.1 Å². The van der Waals surface area contributed by atoms with Crippen LogP contribution in [-0.4, -0.2) is 41.9 Å². The smallest absolute Gasteiger partial charge is 0.323 e. The Morgan fingerprint density at radius 1 is 1.22 bits per heavy atom. The van der Waals surface area contributed by atoms with E-state index in [1.807, 2.05) is 0 Å². The lowest BCUT2D eigenvalue weighted by molar-refractivity contribution is -0.135. The van der Waals surface area contributed by atoms with E-state index in [9.17, 15) is 9.59 Å². The van der Waals surface area contributed by atoms with Crippen molar-refractivity contribution in [2.24, 2.45) is 0 Å². The molecule has 1 unspecified atom stereocenters. The van der Waals surface area contributed by atoms with Crippen LogP contribution in [0.1, 0.15) is 38.5 Å². The Morgan fingerprint density at radius 2 is 1.94 bits per heavy atom. The number of hydrogen-bond donors (Lipinski definition) is 3. The van der Waals surface area contributed by atoms with Gasteiger partial charge in [-0.15, -0.1) is 0 Å². The second-order valence-corrected chi connectivity index (χ2v) is 5.13. The number of aliphatic carboxylic acids is 1. The van der Waals surface area contributed by atoms with Gasteiger partial charge in [0.25, 0.3) is 0 Å². The number of carbonyl (C=O) groups excluding carboxylic acids is 1. The topological polar surface area (TPSA) is 87.7 Å². The fourth-order valence-corrected chi connectivity index (χ4v) is 2.85. The van der Waals surface area contributed by atoms with E-state index in [1.54, 1.807) is 0 Å². The molecule has 0 bridgehead atoms. The van der Waals surface area contributed by atoms with Crippen molar-refractivity contribution >= 4 is 12.0 Å². The Balaban J connectivity index is 1.65. The number of carboxylic acid groups (broad SMARTS) is 1. The molecule has 2 aliphatic rings. The van der Waals surface area contributed by atoms with Crippen LogP contribution in [0.25, 0.3) is 0 Å².